The van der Waals surface area contributed by atoms with Crippen LogP contribution in [0.4, 0.5) is 9.39 Å². The minimum Gasteiger partial charge on any atom is -0.289 e. The van der Waals surface area contributed by atoms with Crippen molar-refractivity contribution in [2.45, 2.75) is 25.4 Å². The van der Waals surface area contributed by atoms with Gasteiger partial charge in [-0.15, -0.1) is 6.42 Å². The van der Waals surface area contributed by atoms with Crippen molar-refractivity contribution in [3.8, 4) is 22.9 Å². The van der Waals surface area contributed by atoms with Gasteiger partial charge >= 0.3 is 0 Å². The number of sulfone groups is 1. The van der Waals surface area contributed by atoms with Crippen LogP contribution >= 0.6 is 22.9 Å². The third kappa shape index (κ3) is 5.28. The van der Waals surface area contributed by atoms with E-state index < -0.39 is 33.1 Å². The topological polar surface area (TPSA) is 91.5 Å². The van der Waals surface area contributed by atoms with E-state index in [0.717, 1.165) is 16.1 Å². The van der Waals surface area contributed by atoms with Crippen LogP contribution in [-0.4, -0.2) is 48.2 Å². The van der Waals surface area contributed by atoms with Crippen molar-refractivity contribution < 1.29 is 27.5 Å². The number of amides is 1. The number of rotatable bonds is 8. The Morgan fingerprint density at radius 3 is 2.90 bits per heavy atom. The van der Waals surface area contributed by atoms with E-state index in [2.05, 4.69) is 10.9 Å². The first-order valence-electron chi connectivity index (χ1n) is 9.03. The largest absolute Gasteiger partial charge is 0.289 e. The number of alkyl halides is 1. The second-order valence-electron chi connectivity index (χ2n) is 7.32. The number of halogens is 2. The van der Waals surface area contributed by atoms with E-state index in [1.165, 1.54) is 24.2 Å². The average Bonchev–Trinajstić information content (AvgIpc) is 3.07. The van der Waals surface area contributed by atoms with E-state index in [9.17, 15) is 22.8 Å². The molecule has 0 radical (unpaired) electrons. The molecule has 0 aromatic carbocycles. The standard InChI is InChI=1S/C19H20ClFN3O4S2/c1-3-7-24(15(25)6-9-30(27,28)12-14-10-19(14,2)21)18-16(20)22-17(29-18)13-5-4-8-23(26)11-13/h1,4-5,8,11,14,26H,6-7,9-10,12H2,2H3/q+1. The lowest BCUT2D eigenvalue weighted by atomic mass is 10.3. The number of thiazole rings is 1. The maximum atomic E-state index is 13.7. The molecule has 2 unspecified atom stereocenters. The van der Waals surface area contributed by atoms with Crippen molar-refractivity contribution in [2.75, 3.05) is 23.0 Å². The predicted molar refractivity (Wildman–Crippen MR) is 112 cm³/mol. The highest BCUT2D eigenvalue weighted by Gasteiger charge is 2.52. The van der Waals surface area contributed by atoms with Gasteiger partial charge in [-0.3, -0.25) is 14.9 Å². The molecule has 2 aromatic heterocycles. The molecule has 0 saturated heterocycles. The molecule has 1 saturated carbocycles. The van der Waals surface area contributed by atoms with Crippen molar-refractivity contribution in [1.29, 1.82) is 0 Å². The second-order valence-corrected chi connectivity index (χ2v) is 10.9. The Morgan fingerprint density at radius 1 is 1.60 bits per heavy atom. The SMILES string of the molecule is C#CCN(C(=O)CCS(=O)(=O)CC1CC1(C)F)c1sc(-c2ccc[n+](O)c2)nc1Cl. The van der Waals surface area contributed by atoms with E-state index in [4.69, 9.17) is 18.0 Å². The number of terminal acetylenes is 1. The van der Waals surface area contributed by atoms with E-state index >= 15 is 0 Å². The predicted octanol–water partition coefficient (Wildman–Crippen LogP) is 2.51. The number of hydrogen-bond donors (Lipinski definition) is 1. The molecule has 0 aliphatic heterocycles. The van der Waals surface area contributed by atoms with E-state index in [-0.39, 0.29) is 30.3 Å². The Morgan fingerprint density at radius 2 is 2.30 bits per heavy atom. The van der Waals surface area contributed by atoms with Crippen molar-refractivity contribution >= 4 is 43.7 Å². The number of hydrogen-bond acceptors (Lipinski definition) is 6. The van der Waals surface area contributed by atoms with Gasteiger partial charge in [0.2, 0.25) is 18.3 Å². The number of anilines is 1. The molecule has 1 amide bonds. The highest BCUT2D eigenvalue weighted by atomic mass is 35.5. The number of aromatic nitrogens is 2. The van der Waals surface area contributed by atoms with Gasteiger partial charge in [-0.1, -0.05) is 28.9 Å². The first kappa shape index (κ1) is 22.5. The smallest absolute Gasteiger partial charge is 0.232 e. The Bertz CT molecular complexity index is 1110. The average molecular weight is 473 g/mol. The molecule has 2 heterocycles. The lowest BCUT2D eigenvalue weighted by Crippen LogP contribution is -2.32. The Hall–Kier alpha value is -2.22. The summed E-state index contributed by atoms with van der Waals surface area (Å²) >= 11 is 7.31. The molecule has 0 spiro atoms. The summed E-state index contributed by atoms with van der Waals surface area (Å²) in [7, 11) is -3.58. The molecule has 3 rings (SSSR count). The highest BCUT2D eigenvalue weighted by Crippen LogP contribution is 2.47. The van der Waals surface area contributed by atoms with Gasteiger partial charge in [-0.25, -0.2) is 17.8 Å². The molecule has 7 nitrogen and oxygen atoms in total. The third-order valence-corrected chi connectivity index (χ3v) is 8.06. The molecule has 2 atom stereocenters. The van der Waals surface area contributed by atoms with Gasteiger partial charge in [0.25, 0.3) is 0 Å². The summed E-state index contributed by atoms with van der Waals surface area (Å²) < 4.78 is 39.0. The van der Waals surface area contributed by atoms with Crippen LogP contribution < -0.4 is 9.63 Å². The zero-order chi connectivity index (χ0) is 22.1. The quantitative estimate of drug-likeness (QED) is 0.362. The van der Waals surface area contributed by atoms with Gasteiger partial charge in [0.05, 0.1) is 23.6 Å². The van der Waals surface area contributed by atoms with Crippen LogP contribution in [0.15, 0.2) is 24.5 Å². The fourth-order valence-corrected chi connectivity index (χ4v) is 6.01. The maximum Gasteiger partial charge on any atom is 0.232 e. The third-order valence-electron chi connectivity index (χ3n) is 4.82. The summed E-state index contributed by atoms with van der Waals surface area (Å²) in [6, 6.07) is 3.32. The number of nitrogens with zero attached hydrogens (tertiary/aromatic N) is 3. The molecular weight excluding hydrogens is 453 g/mol. The summed E-state index contributed by atoms with van der Waals surface area (Å²) in [6.07, 6.45) is 8.16. The lowest BCUT2D eigenvalue weighted by molar-refractivity contribution is -0.904. The van der Waals surface area contributed by atoms with Crippen LogP contribution in [0.5, 0.6) is 0 Å². The summed E-state index contributed by atoms with van der Waals surface area (Å²) in [5.41, 5.74) is -0.865. The summed E-state index contributed by atoms with van der Waals surface area (Å²) in [5, 5.41) is 10.4. The van der Waals surface area contributed by atoms with Gasteiger partial charge in [-0.05, 0) is 19.4 Å². The first-order valence-corrected chi connectivity index (χ1v) is 12.0. The van der Waals surface area contributed by atoms with Crippen LogP contribution in [-0.2, 0) is 14.6 Å². The summed E-state index contributed by atoms with van der Waals surface area (Å²) in [6.45, 7) is 1.27. The lowest BCUT2D eigenvalue weighted by Gasteiger charge is -2.18. The molecule has 160 valence electrons. The van der Waals surface area contributed by atoms with Gasteiger partial charge in [0, 0.05) is 23.1 Å². The number of carbonyl (C=O) groups is 1. The Labute approximate surface area is 183 Å². The van der Waals surface area contributed by atoms with Crippen LogP contribution in [0.1, 0.15) is 19.8 Å². The van der Waals surface area contributed by atoms with Gasteiger partial charge < -0.3 is 0 Å². The normalized spacial score (nSPS) is 20.5. The Kier molecular flexibility index (Phi) is 6.36. The molecule has 1 aliphatic carbocycles. The minimum atomic E-state index is -3.58. The first-order chi connectivity index (χ1) is 14.0. The van der Waals surface area contributed by atoms with Gasteiger partial charge in [0.15, 0.2) is 15.0 Å². The molecule has 0 bridgehead atoms. The van der Waals surface area contributed by atoms with Crippen molar-refractivity contribution in [3.05, 3.63) is 29.7 Å². The molecule has 11 heteroatoms. The molecule has 1 fully saturated rings. The molecule has 2 aromatic rings. The molecule has 30 heavy (non-hydrogen) atoms. The summed E-state index contributed by atoms with van der Waals surface area (Å²) in [5.74, 6) is 0.662. The molecular formula is C19H20ClFN3O4S2+. The van der Waals surface area contributed by atoms with E-state index in [1.807, 2.05) is 0 Å². The number of pyridine rings is 1. The second kappa shape index (κ2) is 8.49. The van der Waals surface area contributed by atoms with Gasteiger partial charge in [0.1, 0.15) is 15.7 Å². The van der Waals surface area contributed by atoms with Crippen LogP contribution in [0, 0.1) is 18.3 Å². The van der Waals surface area contributed by atoms with Crippen LogP contribution in [0.2, 0.25) is 5.15 Å². The van der Waals surface area contributed by atoms with E-state index in [1.54, 1.807) is 12.1 Å². The van der Waals surface area contributed by atoms with Gasteiger partial charge in [-0.2, -0.15) is 0 Å². The number of carbonyl (C=O) groups excluding carboxylic acids is 1. The Balaban J connectivity index is 1.74. The van der Waals surface area contributed by atoms with Crippen molar-refractivity contribution in [2.24, 2.45) is 5.92 Å². The van der Waals surface area contributed by atoms with Crippen molar-refractivity contribution in [3.63, 3.8) is 0 Å². The minimum absolute atomic E-state index is 0.0426. The fraction of sp³-hybridized carbons (Fsp3) is 0.421. The zero-order valence-electron chi connectivity index (χ0n) is 16.1. The fourth-order valence-electron chi connectivity index (χ4n) is 2.96. The zero-order valence-corrected chi connectivity index (χ0v) is 18.5. The van der Waals surface area contributed by atoms with Crippen LogP contribution in [0.3, 0.4) is 0 Å². The van der Waals surface area contributed by atoms with Crippen LogP contribution in [0.25, 0.3) is 10.6 Å². The highest BCUT2D eigenvalue weighted by molar-refractivity contribution is 7.91. The van der Waals surface area contributed by atoms with Crippen molar-refractivity contribution in [1.82, 2.24) is 4.98 Å². The van der Waals surface area contributed by atoms with E-state index in [0.29, 0.717) is 15.6 Å². The molecule has 1 aliphatic rings. The molecule has 1 N–H and O–H groups in total. The monoisotopic (exact) mass is 472 g/mol. The summed E-state index contributed by atoms with van der Waals surface area (Å²) in [4.78, 5) is 18.2. The maximum absolute atomic E-state index is 13.7.